The molecule has 0 radical (unpaired) electrons. The summed E-state index contributed by atoms with van der Waals surface area (Å²) in [6.07, 6.45) is 2.60. The van der Waals surface area contributed by atoms with Crippen LogP contribution < -0.4 is 50.8 Å². The average molecular weight is 1540 g/mol. The number of nitrogens with one attached hydrogen (secondary N) is 2. The van der Waals surface area contributed by atoms with Crippen molar-refractivity contribution in [3.8, 4) is 50.8 Å². The van der Waals surface area contributed by atoms with E-state index in [1.807, 2.05) is 123 Å². The van der Waals surface area contributed by atoms with E-state index in [1.54, 1.807) is 101 Å². The molecule has 2 aromatic heterocycles. The number of sulfonamides is 1. The Bertz CT molecular complexity index is 6270. The van der Waals surface area contributed by atoms with Crippen LogP contribution in [0.3, 0.4) is 0 Å². The number of rotatable bonds is 22. The Morgan fingerprint density at radius 1 is 0.636 bits per heavy atom. The number of ether oxygens (including phenoxy) is 1. The van der Waals surface area contributed by atoms with E-state index in [0.29, 0.717) is 120 Å². The van der Waals surface area contributed by atoms with Crippen molar-refractivity contribution >= 4 is 110 Å². The second-order valence-electron chi connectivity index (χ2n) is 27.2. The number of piperidine rings is 1. The van der Waals surface area contributed by atoms with Gasteiger partial charge in [0, 0.05) is 157 Å². The maximum Gasteiger partial charge on any atom is 0.336 e. The molecule has 0 spiro atoms. The lowest BCUT2D eigenvalue weighted by atomic mass is 9.89. The Hall–Kier alpha value is -12.2. The third kappa shape index (κ3) is 15.2. The fourth-order valence-corrected chi connectivity index (χ4v) is 16.4. The standard InChI is InChI=1S/C80H74N12O15S3/c1-87(2)54-21-30-63-67(41-54)106-68-42-55(88(3)4)22-31-64(68)73(63)66-40-51(16-29-60(66)79(95)96)77(94)83-45-48-12-14-49(15-13-48)46-105-78-74-75(85-80(81)86-78)91(47-84-74)37-9-36-82-76(93)50-34-38-92(39-35-50)108(97,98)71-11-8-7-10-65(71)72-61-32-23-56(89(5)52-17-25-58(26-18-52)109(99,100)101)43-69(61)107-70-44-57(24-33-62(70)72)90(6)53-19-27-59(28-20-53)110(102,103)104/h7-8,10-33,40-44,47,50H,9,34-39,45-46H2,1-6H3,(H5-2,81,82,83,85,86,93,94,95,96,99,100,101,102,103,104)/p+2. The second kappa shape index (κ2) is 30.1. The van der Waals surface area contributed by atoms with Crippen molar-refractivity contribution in [3.63, 3.8) is 0 Å². The van der Waals surface area contributed by atoms with E-state index in [4.69, 9.17) is 19.3 Å². The highest BCUT2D eigenvalue weighted by atomic mass is 32.2. The SMILES string of the molecule is CN(C)c1ccc2c(-c3cc(C(=O)NCc4ccc(COc5nc(N)nc6c5ncn6CCCNC(=O)C5CCN(S(=O)(=O)c6ccccc6-c6c7ccc(=[N+](C)c8ccc(S(=O)(=O)O)cc8)cc-7oc7cc(N(C)c8ccc(S(=O)(=O)O)cc8)ccc67)CC5)cc4)ccc3C(=O)O)c3ccc(=[N+](C)C)cc-3oc2c1. The summed E-state index contributed by atoms with van der Waals surface area (Å²) in [6, 6.07) is 52.4. The number of benzene rings is 9. The molecule has 110 heavy (non-hydrogen) atoms. The largest absolute Gasteiger partial charge is 0.478 e. The number of anilines is 4. The van der Waals surface area contributed by atoms with E-state index < -0.39 is 48.1 Å². The van der Waals surface area contributed by atoms with Crippen LogP contribution in [0, 0.1) is 5.92 Å². The molecule has 2 aliphatic carbocycles. The smallest absolute Gasteiger partial charge is 0.336 e. The Kier molecular flexibility index (Phi) is 20.4. The Labute approximate surface area is 632 Å². The molecule has 0 bridgehead atoms. The molecular formula is C80H76N12O15S3+2. The number of aromatic carboxylic acids is 1. The molecule has 3 aliphatic heterocycles. The first-order chi connectivity index (χ1) is 52.6. The van der Waals surface area contributed by atoms with Crippen LogP contribution >= 0.6 is 0 Å². The summed E-state index contributed by atoms with van der Waals surface area (Å²) >= 11 is 0. The van der Waals surface area contributed by atoms with Crippen molar-refractivity contribution in [3.05, 3.63) is 227 Å². The molecule has 0 saturated carbocycles. The van der Waals surface area contributed by atoms with Crippen LogP contribution in [-0.2, 0) is 54.8 Å². The topological polar surface area (TPSA) is 359 Å². The quantitative estimate of drug-likeness (QED) is 0.0159. The number of nitrogen functional groups attached to an aromatic ring is 1. The summed E-state index contributed by atoms with van der Waals surface area (Å²) in [5, 5.41) is 19.3. The number of carbonyl (C=O) groups is 3. The maximum absolute atomic E-state index is 15.1. The number of aryl methyl sites for hydroxylation is 1. The molecule has 1 saturated heterocycles. The lowest BCUT2D eigenvalue weighted by molar-refractivity contribution is -0.126. The molecule has 0 unspecified atom stereocenters. The van der Waals surface area contributed by atoms with Gasteiger partial charge in [-0.25, -0.2) is 22.8 Å². The highest BCUT2D eigenvalue weighted by Crippen LogP contribution is 2.46. The number of hydrogen-bond donors (Lipinski definition) is 6. The van der Waals surface area contributed by atoms with Gasteiger partial charge in [0.1, 0.15) is 50.4 Å². The molecule has 27 nitrogen and oxygen atoms in total. The third-order valence-corrected chi connectivity index (χ3v) is 23.5. The van der Waals surface area contributed by atoms with Crippen LogP contribution in [0.25, 0.3) is 78.0 Å². The van der Waals surface area contributed by atoms with Crippen LogP contribution in [-0.4, -0.2) is 143 Å². The van der Waals surface area contributed by atoms with Gasteiger partial charge in [0.25, 0.3) is 26.1 Å². The van der Waals surface area contributed by atoms with E-state index in [1.165, 1.54) is 40.7 Å². The molecular weight excluding hydrogens is 1470 g/mol. The molecule has 5 heterocycles. The van der Waals surface area contributed by atoms with Gasteiger partial charge < -0.3 is 49.4 Å². The van der Waals surface area contributed by atoms with Gasteiger partial charge in [0.05, 0.1) is 38.7 Å². The molecule has 1 fully saturated rings. The Morgan fingerprint density at radius 3 is 1.86 bits per heavy atom. The lowest BCUT2D eigenvalue weighted by Crippen LogP contribution is -2.43. The minimum absolute atomic E-state index is 0.0283. The number of carboxylic acids is 1. The van der Waals surface area contributed by atoms with Gasteiger partial charge in [0.15, 0.2) is 11.2 Å². The number of nitrogens with two attached hydrogens (primary N) is 1. The van der Waals surface area contributed by atoms with Crippen LogP contribution in [0.5, 0.6) is 5.88 Å². The van der Waals surface area contributed by atoms with Gasteiger partial charge in [-0.2, -0.15) is 35.7 Å². The van der Waals surface area contributed by atoms with Crippen LogP contribution in [0.4, 0.5) is 28.7 Å². The predicted octanol–water partition coefficient (Wildman–Crippen LogP) is 10.4. The summed E-state index contributed by atoms with van der Waals surface area (Å²) in [5.74, 6) is -1.17. The van der Waals surface area contributed by atoms with Crippen molar-refractivity contribution in [2.24, 2.45) is 5.92 Å². The monoisotopic (exact) mass is 1540 g/mol. The molecule has 7 N–H and O–H groups in total. The maximum atomic E-state index is 15.1. The van der Waals surface area contributed by atoms with E-state index in [9.17, 15) is 45.4 Å². The first-order valence-electron chi connectivity index (χ1n) is 34.9. The third-order valence-electron chi connectivity index (χ3n) is 19.8. The summed E-state index contributed by atoms with van der Waals surface area (Å²) in [5.41, 5.74) is 15.7. The first kappa shape index (κ1) is 74.7. The number of imidazole rings is 1. The number of carboxylic acid groups (broad SMARTS) is 1. The number of fused-ring (bicyclic) bond motifs is 5. The zero-order valence-electron chi connectivity index (χ0n) is 60.5. The zero-order chi connectivity index (χ0) is 77.7. The predicted molar refractivity (Wildman–Crippen MR) is 417 cm³/mol. The molecule has 7 aromatic carbocycles. The van der Waals surface area contributed by atoms with Crippen molar-refractivity contribution < 1.29 is 67.4 Å². The van der Waals surface area contributed by atoms with Crippen molar-refractivity contribution in [2.45, 2.75) is 53.6 Å². The molecule has 14 rings (SSSR count). The molecule has 30 heteroatoms. The van der Waals surface area contributed by atoms with Gasteiger partial charge in [-0.15, -0.1) is 0 Å². The van der Waals surface area contributed by atoms with Crippen LogP contribution in [0.15, 0.2) is 218 Å². The number of amides is 2. The molecule has 2 amide bonds. The fourth-order valence-electron chi connectivity index (χ4n) is 13.7. The van der Waals surface area contributed by atoms with Gasteiger partial charge in [-0.3, -0.25) is 18.7 Å². The molecule has 9 aromatic rings. The summed E-state index contributed by atoms with van der Waals surface area (Å²) in [6.45, 7) is 1.08. The summed E-state index contributed by atoms with van der Waals surface area (Å²) in [4.78, 5) is 57.2. The van der Waals surface area contributed by atoms with Crippen molar-refractivity contribution in [1.82, 2.24) is 43.6 Å². The zero-order valence-corrected chi connectivity index (χ0v) is 62.9. The number of carbonyl (C=O) groups excluding carboxylic acids is 2. The minimum atomic E-state index is -4.45. The van der Waals surface area contributed by atoms with Gasteiger partial charge in [0.2, 0.25) is 44.2 Å². The van der Waals surface area contributed by atoms with Crippen LogP contribution in [0.1, 0.15) is 51.1 Å². The van der Waals surface area contributed by atoms with Gasteiger partial charge in [-0.05, 0) is 133 Å². The van der Waals surface area contributed by atoms with E-state index in [0.717, 1.165) is 22.2 Å². The number of nitrogens with zero attached hydrogens (tertiary/aromatic N) is 9. The van der Waals surface area contributed by atoms with Gasteiger partial charge in [-0.1, -0.05) is 42.5 Å². The van der Waals surface area contributed by atoms with Crippen LogP contribution in [0.2, 0.25) is 0 Å². The summed E-state index contributed by atoms with van der Waals surface area (Å²) in [7, 11) is -1.89. The second-order valence-corrected chi connectivity index (χ2v) is 31.9. The Balaban J connectivity index is 0.611. The normalized spacial score (nSPS) is 13.4. The van der Waals surface area contributed by atoms with E-state index >= 15 is 8.42 Å². The first-order valence-corrected chi connectivity index (χ1v) is 39.2. The fraction of sp³-hybridized carbons (Fsp3) is 0.200. The minimum Gasteiger partial charge on any atom is -0.478 e. The lowest BCUT2D eigenvalue weighted by Gasteiger charge is -2.31. The number of aromatic nitrogens is 4. The Morgan fingerprint density at radius 2 is 1.23 bits per heavy atom. The molecule has 562 valence electrons. The molecule has 0 atom stereocenters. The van der Waals surface area contributed by atoms with E-state index in [-0.39, 0.29) is 82.6 Å². The summed E-state index contributed by atoms with van der Waals surface area (Å²) < 4.78 is 123. The highest BCUT2D eigenvalue weighted by Gasteiger charge is 2.35. The van der Waals surface area contributed by atoms with E-state index in [2.05, 4.69) is 25.6 Å². The van der Waals surface area contributed by atoms with Gasteiger partial charge >= 0.3 is 5.97 Å². The molecule has 5 aliphatic rings. The van der Waals surface area contributed by atoms with Crippen molar-refractivity contribution in [2.75, 3.05) is 77.5 Å². The van der Waals surface area contributed by atoms with Crippen molar-refractivity contribution in [1.29, 1.82) is 0 Å². The highest BCUT2D eigenvalue weighted by molar-refractivity contribution is 7.89. The average Bonchev–Trinajstić information content (AvgIpc) is 0.880. The number of hydrogen-bond acceptors (Lipinski definition) is 18.